The second-order valence-corrected chi connectivity index (χ2v) is 9.77. The van der Waals surface area contributed by atoms with Gasteiger partial charge >= 0.3 is 0 Å². The fourth-order valence-corrected chi connectivity index (χ4v) is 4.94. The van der Waals surface area contributed by atoms with Gasteiger partial charge in [0.05, 0.1) is 18.4 Å². The molecule has 10 heteroatoms. The maximum absolute atomic E-state index is 13.4. The van der Waals surface area contributed by atoms with E-state index in [0.717, 1.165) is 16.0 Å². The van der Waals surface area contributed by atoms with Crippen LogP contribution in [0.25, 0.3) is 10.9 Å². The van der Waals surface area contributed by atoms with E-state index in [1.54, 1.807) is 11.8 Å². The summed E-state index contributed by atoms with van der Waals surface area (Å²) in [6, 6.07) is 16.7. The summed E-state index contributed by atoms with van der Waals surface area (Å²) in [6.45, 7) is 1.96. The minimum atomic E-state index is -0.249. The molecule has 0 saturated carbocycles. The molecule has 1 N–H and O–H groups in total. The number of ether oxygens (including phenoxy) is 4. The normalized spacial score (nSPS) is 13.8. The number of benzene rings is 3. The van der Waals surface area contributed by atoms with Crippen LogP contribution in [0.2, 0.25) is 0 Å². The van der Waals surface area contributed by atoms with E-state index < -0.39 is 0 Å². The number of nitrogens with one attached hydrogen (secondary N) is 1. The molecule has 3 aromatic carbocycles. The van der Waals surface area contributed by atoms with Crippen LogP contribution in [0.4, 0.5) is 5.82 Å². The van der Waals surface area contributed by atoms with Crippen LogP contribution < -0.4 is 24.3 Å². The van der Waals surface area contributed by atoms with Crippen LogP contribution in [0.5, 0.6) is 23.0 Å². The predicted octanol–water partition coefficient (Wildman–Crippen LogP) is 4.36. The number of hydrogen-bond acceptors (Lipinski definition) is 8. The van der Waals surface area contributed by atoms with Gasteiger partial charge in [0.1, 0.15) is 26.4 Å². The second kappa shape index (κ2) is 10.3. The van der Waals surface area contributed by atoms with Gasteiger partial charge in [0, 0.05) is 10.3 Å². The fourth-order valence-electron chi connectivity index (χ4n) is 4.51. The van der Waals surface area contributed by atoms with Gasteiger partial charge in [0.2, 0.25) is 5.91 Å². The highest BCUT2D eigenvalue weighted by Gasteiger charge is 2.20. The standard InChI is InChI=1S/C28H25N3O6S/c1-38-19-4-5-20-21(16-19)31(27(33)15-18-3-7-23-25(13-18)37-11-9-35-23)30-28(20)29-26(32)14-17-2-6-22-24(12-17)36-10-8-34-22/h2-7,12-13,16H,8-11,14-15H2,1H3,(H,29,30,32). The number of nitrogens with zero attached hydrogens (tertiary/aromatic N) is 2. The van der Waals surface area contributed by atoms with E-state index in [1.807, 2.05) is 60.9 Å². The third-order valence-corrected chi connectivity index (χ3v) is 7.04. The van der Waals surface area contributed by atoms with Gasteiger partial charge in [-0.25, -0.2) is 0 Å². The Morgan fingerprint density at radius 1 is 0.816 bits per heavy atom. The Morgan fingerprint density at radius 3 is 2.05 bits per heavy atom. The SMILES string of the molecule is CSc1ccc2c(NC(=O)Cc3ccc4c(c3)OCCO4)nn(C(=O)Cc3ccc4c(c3)OCCO4)c2c1. The average Bonchev–Trinajstić information content (AvgIpc) is 3.30. The zero-order valence-corrected chi connectivity index (χ0v) is 21.5. The molecule has 0 aliphatic carbocycles. The number of fused-ring (bicyclic) bond motifs is 3. The summed E-state index contributed by atoms with van der Waals surface area (Å²) in [6.07, 6.45) is 2.20. The van der Waals surface area contributed by atoms with Gasteiger partial charge in [-0.05, 0) is 59.8 Å². The van der Waals surface area contributed by atoms with E-state index in [4.69, 9.17) is 18.9 Å². The smallest absolute Gasteiger partial charge is 0.251 e. The van der Waals surface area contributed by atoms with Crippen LogP contribution >= 0.6 is 11.8 Å². The van der Waals surface area contributed by atoms with Crippen molar-refractivity contribution in [3.8, 4) is 23.0 Å². The van der Waals surface area contributed by atoms with E-state index in [0.29, 0.717) is 66.1 Å². The molecule has 2 aliphatic rings. The van der Waals surface area contributed by atoms with Crippen molar-refractivity contribution >= 4 is 40.3 Å². The van der Waals surface area contributed by atoms with Gasteiger partial charge < -0.3 is 24.3 Å². The van der Waals surface area contributed by atoms with Crippen molar-refractivity contribution in [3.63, 3.8) is 0 Å². The van der Waals surface area contributed by atoms with E-state index in [9.17, 15) is 9.59 Å². The molecule has 0 fully saturated rings. The molecule has 3 heterocycles. The molecule has 2 aliphatic heterocycles. The van der Waals surface area contributed by atoms with Crippen LogP contribution in [0, 0.1) is 0 Å². The maximum atomic E-state index is 13.4. The lowest BCUT2D eigenvalue weighted by molar-refractivity contribution is -0.115. The summed E-state index contributed by atoms with van der Waals surface area (Å²) in [5.41, 5.74) is 2.21. The third-order valence-electron chi connectivity index (χ3n) is 6.32. The van der Waals surface area contributed by atoms with Crippen molar-refractivity contribution in [2.24, 2.45) is 0 Å². The van der Waals surface area contributed by atoms with Crippen molar-refractivity contribution in [2.45, 2.75) is 17.7 Å². The van der Waals surface area contributed by atoms with Crippen LogP contribution in [0.3, 0.4) is 0 Å². The molecule has 4 aromatic rings. The largest absolute Gasteiger partial charge is 0.486 e. The molecule has 38 heavy (non-hydrogen) atoms. The van der Waals surface area contributed by atoms with Gasteiger partial charge in [-0.2, -0.15) is 4.68 Å². The Morgan fingerprint density at radius 2 is 1.42 bits per heavy atom. The Labute approximate surface area is 223 Å². The average molecular weight is 532 g/mol. The number of thioether (sulfide) groups is 1. The predicted molar refractivity (Wildman–Crippen MR) is 143 cm³/mol. The zero-order valence-electron chi connectivity index (χ0n) is 20.7. The van der Waals surface area contributed by atoms with Crippen molar-refractivity contribution in [1.82, 2.24) is 9.78 Å². The van der Waals surface area contributed by atoms with Crippen molar-refractivity contribution < 1.29 is 28.5 Å². The zero-order chi connectivity index (χ0) is 26.1. The Balaban J connectivity index is 1.25. The van der Waals surface area contributed by atoms with Crippen molar-refractivity contribution in [3.05, 3.63) is 65.7 Å². The quantitative estimate of drug-likeness (QED) is 0.366. The molecule has 1 amide bonds. The second-order valence-electron chi connectivity index (χ2n) is 8.89. The first kappa shape index (κ1) is 24.2. The van der Waals surface area contributed by atoms with Crippen molar-refractivity contribution in [1.29, 1.82) is 0 Å². The summed E-state index contributed by atoms with van der Waals surface area (Å²) in [5, 5.41) is 8.11. The monoisotopic (exact) mass is 531 g/mol. The number of hydrogen-bond donors (Lipinski definition) is 1. The Hall–Kier alpha value is -4.18. The lowest BCUT2D eigenvalue weighted by atomic mass is 10.1. The lowest BCUT2D eigenvalue weighted by Crippen LogP contribution is -2.19. The van der Waals surface area contributed by atoms with Crippen LogP contribution in [-0.2, 0) is 17.6 Å². The molecule has 194 valence electrons. The number of carbonyl (C=O) groups is 2. The number of amides is 1. The Kier molecular flexibility index (Phi) is 6.55. The highest BCUT2D eigenvalue weighted by molar-refractivity contribution is 7.98. The van der Waals surface area contributed by atoms with Gasteiger partial charge in [0.25, 0.3) is 5.91 Å². The number of rotatable bonds is 6. The molecular weight excluding hydrogens is 506 g/mol. The highest BCUT2D eigenvalue weighted by atomic mass is 32.2. The number of anilines is 1. The Bertz CT molecular complexity index is 1550. The molecule has 0 spiro atoms. The molecule has 1 aromatic heterocycles. The summed E-state index contributed by atoms with van der Waals surface area (Å²) < 4.78 is 23.8. The molecule has 0 saturated heterocycles. The fraction of sp³-hybridized carbons (Fsp3) is 0.250. The summed E-state index contributed by atoms with van der Waals surface area (Å²) in [4.78, 5) is 27.4. The summed E-state index contributed by atoms with van der Waals surface area (Å²) >= 11 is 1.57. The van der Waals surface area contributed by atoms with Gasteiger partial charge in [-0.15, -0.1) is 16.9 Å². The first-order valence-corrected chi connectivity index (χ1v) is 13.5. The first-order chi connectivity index (χ1) is 18.6. The minimum Gasteiger partial charge on any atom is -0.486 e. The van der Waals surface area contributed by atoms with E-state index in [1.165, 1.54) is 4.68 Å². The molecule has 0 radical (unpaired) electrons. The van der Waals surface area contributed by atoms with Crippen LogP contribution in [0.15, 0.2) is 59.5 Å². The molecule has 0 bridgehead atoms. The number of aromatic nitrogens is 2. The van der Waals surface area contributed by atoms with E-state index in [2.05, 4.69) is 10.4 Å². The van der Waals surface area contributed by atoms with Gasteiger partial charge in [-0.3, -0.25) is 9.59 Å². The van der Waals surface area contributed by atoms with Gasteiger partial charge in [-0.1, -0.05) is 12.1 Å². The number of carbonyl (C=O) groups excluding carboxylic acids is 2. The summed E-state index contributed by atoms with van der Waals surface area (Å²) in [7, 11) is 0. The molecular formula is C28H25N3O6S. The van der Waals surface area contributed by atoms with E-state index >= 15 is 0 Å². The molecule has 0 atom stereocenters. The topological polar surface area (TPSA) is 101 Å². The highest BCUT2D eigenvalue weighted by Crippen LogP contribution is 2.33. The first-order valence-electron chi connectivity index (χ1n) is 12.2. The minimum absolute atomic E-state index is 0.113. The molecule has 6 rings (SSSR count). The molecule has 9 nitrogen and oxygen atoms in total. The third kappa shape index (κ3) is 4.87. The van der Waals surface area contributed by atoms with Crippen LogP contribution in [-0.4, -0.2) is 54.3 Å². The van der Waals surface area contributed by atoms with Crippen molar-refractivity contribution in [2.75, 3.05) is 38.0 Å². The molecule has 0 unspecified atom stereocenters. The van der Waals surface area contributed by atoms with E-state index in [-0.39, 0.29) is 24.7 Å². The van der Waals surface area contributed by atoms with Crippen LogP contribution in [0.1, 0.15) is 15.9 Å². The summed E-state index contributed by atoms with van der Waals surface area (Å²) in [5.74, 6) is 2.47. The van der Waals surface area contributed by atoms with Gasteiger partial charge in [0.15, 0.2) is 28.8 Å². The maximum Gasteiger partial charge on any atom is 0.251 e. The lowest BCUT2D eigenvalue weighted by Gasteiger charge is -2.18.